The van der Waals surface area contributed by atoms with Crippen LogP contribution in [0.15, 0.2) is 0 Å². The molecule has 0 spiro atoms. The summed E-state index contributed by atoms with van der Waals surface area (Å²) in [4.78, 5) is 14.5. The molecule has 1 N–H and O–H groups in total. The average molecular weight is 254 g/mol. The van der Waals surface area contributed by atoms with Crippen molar-refractivity contribution < 1.29 is 4.79 Å². The van der Waals surface area contributed by atoms with Gasteiger partial charge in [-0.3, -0.25) is 9.69 Å². The fraction of sp³-hybridized carbons (Fsp3) is 0.933. The zero-order valence-corrected chi connectivity index (χ0v) is 12.5. The molecule has 0 aromatic carbocycles. The molecule has 3 heteroatoms. The van der Waals surface area contributed by atoms with Crippen molar-refractivity contribution in [2.75, 3.05) is 19.6 Å². The molecule has 0 saturated heterocycles. The molecule has 0 aromatic rings. The predicted molar refractivity (Wildman–Crippen MR) is 76.5 cm³/mol. The molecule has 1 rings (SSSR count). The lowest BCUT2D eigenvalue weighted by Gasteiger charge is -2.27. The molecule has 0 radical (unpaired) electrons. The molecule has 0 aliphatic heterocycles. The van der Waals surface area contributed by atoms with Crippen molar-refractivity contribution in [2.45, 2.75) is 59.4 Å². The Morgan fingerprint density at radius 3 is 2.28 bits per heavy atom. The molecule has 3 nitrogen and oxygen atoms in total. The maximum absolute atomic E-state index is 12.1. The van der Waals surface area contributed by atoms with Gasteiger partial charge in [-0.2, -0.15) is 0 Å². The van der Waals surface area contributed by atoms with Gasteiger partial charge in [0.1, 0.15) is 0 Å². The molecule has 2 unspecified atom stereocenters. The Morgan fingerprint density at radius 2 is 1.78 bits per heavy atom. The summed E-state index contributed by atoms with van der Waals surface area (Å²) in [6.07, 6.45) is 5.08. The maximum atomic E-state index is 12.1. The SMILES string of the molecule is CCN(CC)C(C)CNC(=O)C(C)C1CCCC1. The minimum Gasteiger partial charge on any atom is -0.354 e. The molecule has 0 heterocycles. The second-order valence-corrected chi connectivity index (χ2v) is 5.65. The summed E-state index contributed by atoms with van der Waals surface area (Å²) in [7, 11) is 0. The number of rotatable bonds is 7. The molecular weight excluding hydrogens is 224 g/mol. The van der Waals surface area contributed by atoms with Crippen molar-refractivity contribution >= 4 is 5.91 Å². The lowest BCUT2D eigenvalue weighted by Crippen LogP contribution is -2.44. The number of likely N-dealkylation sites (N-methyl/N-ethyl adjacent to an activating group) is 1. The van der Waals surface area contributed by atoms with Crippen LogP contribution >= 0.6 is 0 Å². The van der Waals surface area contributed by atoms with Crippen molar-refractivity contribution in [3.8, 4) is 0 Å². The van der Waals surface area contributed by atoms with Crippen molar-refractivity contribution in [3.05, 3.63) is 0 Å². The smallest absolute Gasteiger partial charge is 0.223 e. The topological polar surface area (TPSA) is 32.3 Å². The summed E-state index contributed by atoms with van der Waals surface area (Å²) >= 11 is 0. The first-order valence-electron chi connectivity index (χ1n) is 7.61. The number of carbonyl (C=O) groups excluding carboxylic acids is 1. The Labute approximate surface area is 112 Å². The van der Waals surface area contributed by atoms with Crippen LogP contribution in [0.5, 0.6) is 0 Å². The molecule has 106 valence electrons. The maximum Gasteiger partial charge on any atom is 0.223 e. The third-order valence-electron chi connectivity index (χ3n) is 4.53. The minimum absolute atomic E-state index is 0.191. The summed E-state index contributed by atoms with van der Waals surface area (Å²) in [5.74, 6) is 1.06. The zero-order valence-electron chi connectivity index (χ0n) is 12.5. The predicted octanol–water partition coefficient (Wildman–Crippen LogP) is 2.66. The van der Waals surface area contributed by atoms with E-state index in [-0.39, 0.29) is 11.8 Å². The highest BCUT2D eigenvalue weighted by Crippen LogP contribution is 2.31. The molecule has 1 aliphatic rings. The molecule has 18 heavy (non-hydrogen) atoms. The second kappa shape index (κ2) is 7.78. The van der Waals surface area contributed by atoms with Crippen molar-refractivity contribution in [2.24, 2.45) is 11.8 Å². The third kappa shape index (κ3) is 4.27. The van der Waals surface area contributed by atoms with Gasteiger partial charge in [0.15, 0.2) is 0 Å². The largest absolute Gasteiger partial charge is 0.354 e. The molecule has 1 fully saturated rings. The Balaban J connectivity index is 2.31. The van der Waals surface area contributed by atoms with E-state index in [1.807, 2.05) is 0 Å². The lowest BCUT2D eigenvalue weighted by atomic mass is 9.92. The molecular formula is C15H30N2O. The quantitative estimate of drug-likeness (QED) is 0.757. The highest BCUT2D eigenvalue weighted by Gasteiger charge is 2.26. The van der Waals surface area contributed by atoms with E-state index in [2.05, 4.69) is 37.9 Å². The number of nitrogens with zero attached hydrogens (tertiary/aromatic N) is 1. The first-order chi connectivity index (χ1) is 8.60. The first-order valence-corrected chi connectivity index (χ1v) is 7.61. The van der Waals surface area contributed by atoms with Crippen molar-refractivity contribution in [1.29, 1.82) is 0 Å². The normalized spacial score (nSPS) is 20.1. The third-order valence-corrected chi connectivity index (χ3v) is 4.53. The van der Waals surface area contributed by atoms with Crippen LogP contribution in [-0.4, -0.2) is 36.5 Å². The van der Waals surface area contributed by atoms with E-state index in [0.29, 0.717) is 12.0 Å². The van der Waals surface area contributed by atoms with Crippen LogP contribution in [0, 0.1) is 11.8 Å². The van der Waals surface area contributed by atoms with Gasteiger partial charge in [0.25, 0.3) is 0 Å². The van der Waals surface area contributed by atoms with Gasteiger partial charge < -0.3 is 5.32 Å². The van der Waals surface area contributed by atoms with E-state index in [1.54, 1.807) is 0 Å². The van der Waals surface area contributed by atoms with Crippen LogP contribution in [0.2, 0.25) is 0 Å². The molecule has 2 atom stereocenters. The van der Waals surface area contributed by atoms with Crippen molar-refractivity contribution in [1.82, 2.24) is 10.2 Å². The van der Waals surface area contributed by atoms with E-state index in [4.69, 9.17) is 0 Å². The Kier molecular flexibility index (Phi) is 6.69. The molecule has 1 amide bonds. The van der Waals surface area contributed by atoms with E-state index in [0.717, 1.165) is 19.6 Å². The number of carbonyl (C=O) groups is 1. The van der Waals surface area contributed by atoms with E-state index < -0.39 is 0 Å². The minimum atomic E-state index is 0.191. The molecule has 1 saturated carbocycles. The Bertz CT molecular complexity index is 245. The number of nitrogens with one attached hydrogen (secondary N) is 1. The summed E-state index contributed by atoms with van der Waals surface area (Å²) in [6.45, 7) is 11.5. The van der Waals surface area contributed by atoms with Crippen LogP contribution in [0.3, 0.4) is 0 Å². The number of hydrogen-bond donors (Lipinski definition) is 1. The highest BCUT2D eigenvalue weighted by molar-refractivity contribution is 5.78. The summed E-state index contributed by atoms with van der Waals surface area (Å²) in [6, 6.07) is 0.430. The van der Waals surface area contributed by atoms with E-state index in [1.165, 1.54) is 25.7 Å². The second-order valence-electron chi connectivity index (χ2n) is 5.65. The van der Waals surface area contributed by atoms with Gasteiger partial charge in [0.2, 0.25) is 5.91 Å². The van der Waals surface area contributed by atoms with Gasteiger partial charge in [-0.05, 0) is 38.8 Å². The Morgan fingerprint density at radius 1 is 1.22 bits per heavy atom. The highest BCUT2D eigenvalue weighted by atomic mass is 16.1. The van der Waals surface area contributed by atoms with Crippen LogP contribution in [-0.2, 0) is 4.79 Å². The van der Waals surface area contributed by atoms with Crippen LogP contribution in [0.4, 0.5) is 0 Å². The van der Waals surface area contributed by atoms with Crippen LogP contribution < -0.4 is 5.32 Å². The molecule has 0 aromatic heterocycles. The van der Waals surface area contributed by atoms with Gasteiger partial charge in [0.05, 0.1) is 0 Å². The first kappa shape index (κ1) is 15.5. The number of amides is 1. The molecule has 0 bridgehead atoms. The zero-order chi connectivity index (χ0) is 13.5. The van der Waals surface area contributed by atoms with Gasteiger partial charge in [-0.1, -0.05) is 33.6 Å². The van der Waals surface area contributed by atoms with E-state index in [9.17, 15) is 4.79 Å². The van der Waals surface area contributed by atoms with Gasteiger partial charge >= 0.3 is 0 Å². The van der Waals surface area contributed by atoms with Crippen LogP contribution in [0.1, 0.15) is 53.4 Å². The van der Waals surface area contributed by atoms with Crippen LogP contribution in [0.25, 0.3) is 0 Å². The summed E-state index contributed by atoms with van der Waals surface area (Å²) in [5, 5.41) is 3.13. The van der Waals surface area contributed by atoms with Gasteiger partial charge in [-0.15, -0.1) is 0 Å². The van der Waals surface area contributed by atoms with Crippen molar-refractivity contribution in [3.63, 3.8) is 0 Å². The summed E-state index contributed by atoms with van der Waals surface area (Å²) in [5.41, 5.74) is 0. The van der Waals surface area contributed by atoms with Gasteiger partial charge in [0, 0.05) is 18.5 Å². The number of hydrogen-bond acceptors (Lipinski definition) is 2. The van der Waals surface area contributed by atoms with E-state index >= 15 is 0 Å². The van der Waals surface area contributed by atoms with Gasteiger partial charge in [-0.25, -0.2) is 0 Å². The summed E-state index contributed by atoms with van der Waals surface area (Å²) < 4.78 is 0. The fourth-order valence-electron chi connectivity index (χ4n) is 3.06. The molecule has 1 aliphatic carbocycles. The standard InChI is InChI=1S/C15H30N2O/c1-5-17(6-2)12(3)11-16-15(18)13(4)14-9-7-8-10-14/h12-14H,5-11H2,1-4H3,(H,16,18). The fourth-order valence-corrected chi connectivity index (χ4v) is 3.06. The monoisotopic (exact) mass is 254 g/mol. The average Bonchev–Trinajstić information content (AvgIpc) is 2.90. The lowest BCUT2D eigenvalue weighted by molar-refractivity contribution is -0.126. The Hall–Kier alpha value is -0.570.